The van der Waals surface area contributed by atoms with Crippen LogP contribution in [0.3, 0.4) is 0 Å². The van der Waals surface area contributed by atoms with E-state index < -0.39 is 5.97 Å². The van der Waals surface area contributed by atoms with Crippen LogP contribution in [0, 0.1) is 0 Å². The minimum Gasteiger partial charge on any atom is -0.478 e. The highest BCUT2D eigenvalue weighted by Crippen LogP contribution is 2.22. The molecule has 1 aliphatic heterocycles. The molecule has 0 bridgehead atoms. The molecule has 0 unspecified atom stereocenters. The van der Waals surface area contributed by atoms with E-state index in [0.717, 1.165) is 16.7 Å². The van der Waals surface area contributed by atoms with Gasteiger partial charge in [0, 0.05) is 5.75 Å². The number of amides is 1. The summed E-state index contributed by atoms with van der Waals surface area (Å²) >= 11 is 3.02. The molecule has 1 heterocycles. The van der Waals surface area contributed by atoms with Gasteiger partial charge in [0.2, 0.25) is 5.91 Å². The molecule has 0 aromatic heterocycles. The number of para-hydroxylation sites is 1. The van der Waals surface area contributed by atoms with Gasteiger partial charge in [-0.15, -0.1) is 0 Å². The molecule has 0 atom stereocenters. The van der Waals surface area contributed by atoms with Gasteiger partial charge >= 0.3 is 5.97 Å². The average Bonchev–Trinajstić information content (AvgIpc) is 2.90. The molecule has 0 saturated heterocycles. The second kappa shape index (κ2) is 6.63. The zero-order chi connectivity index (χ0) is 13.7. The summed E-state index contributed by atoms with van der Waals surface area (Å²) in [6.07, 6.45) is 0. The number of aliphatic imine (C=N–C) groups is 1. The molecule has 5 nitrogen and oxygen atoms in total. The van der Waals surface area contributed by atoms with Crippen LogP contribution in [0.5, 0.6) is 0 Å². The van der Waals surface area contributed by atoms with Gasteiger partial charge in [0.1, 0.15) is 4.38 Å². The van der Waals surface area contributed by atoms with Gasteiger partial charge in [-0.25, -0.2) is 4.79 Å². The fourth-order valence-corrected chi connectivity index (χ4v) is 3.30. The van der Waals surface area contributed by atoms with Crippen molar-refractivity contribution in [3.63, 3.8) is 0 Å². The summed E-state index contributed by atoms with van der Waals surface area (Å²) in [5.74, 6) is -0.0841. The van der Waals surface area contributed by atoms with Crippen LogP contribution in [-0.2, 0) is 4.79 Å². The first-order valence-electron chi connectivity index (χ1n) is 5.59. The third-order valence-corrected chi connectivity index (χ3v) is 4.57. The van der Waals surface area contributed by atoms with Crippen molar-refractivity contribution < 1.29 is 14.7 Å². The lowest BCUT2D eigenvalue weighted by atomic mass is 10.2. The van der Waals surface area contributed by atoms with Crippen molar-refractivity contribution >= 4 is 45.5 Å². The molecule has 0 radical (unpaired) electrons. The highest BCUT2D eigenvalue weighted by Gasteiger charge is 2.13. The van der Waals surface area contributed by atoms with E-state index in [1.807, 2.05) is 0 Å². The number of aromatic carboxylic acids is 1. The number of hydrogen-bond donors (Lipinski definition) is 2. The second-order valence-corrected chi connectivity index (χ2v) is 5.99. The molecule has 0 fully saturated rings. The van der Waals surface area contributed by atoms with E-state index in [1.165, 1.54) is 17.8 Å². The van der Waals surface area contributed by atoms with Crippen LogP contribution in [0.1, 0.15) is 10.4 Å². The van der Waals surface area contributed by atoms with Crippen molar-refractivity contribution in [3.8, 4) is 0 Å². The van der Waals surface area contributed by atoms with Gasteiger partial charge in [-0.1, -0.05) is 35.7 Å². The van der Waals surface area contributed by atoms with Gasteiger partial charge in [0.15, 0.2) is 0 Å². The number of nitrogens with one attached hydrogen (secondary N) is 1. The van der Waals surface area contributed by atoms with Crippen molar-refractivity contribution in [2.45, 2.75) is 0 Å². The average molecular weight is 296 g/mol. The zero-order valence-electron chi connectivity index (χ0n) is 9.96. The van der Waals surface area contributed by atoms with Crippen LogP contribution in [0.2, 0.25) is 0 Å². The summed E-state index contributed by atoms with van der Waals surface area (Å²) in [6.45, 7) is 0.802. The van der Waals surface area contributed by atoms with E-state index in [9.17, 15) is 9.59 Å². The van der Waals surface area contributed by atoms with E-state index in [-0.39, 0.29) is 17.2 Å². The smallest absolute Gasteiger partial charge is 0.337 e. The normalized spacial score (nSPS) is 14.0. The number of nitrogens with zero attached hydrogens (tertiary/aromatic N) is 1. The Labute approximate surface area is 118 Å². The monoisotopic (exact) mass is 296 g/mol. The van der Waals surface area contributed by atoms with Crippen LogP contribution < -0.4 is 5.32 Å². The van der Waals surface area contributed by atoms with Crippen molar-refractivity contribution in [1.29, 1.82) is 0 Å². The number of hydrogen-bond acceptors (Lipinski definition) is 5. The van der Waals surface area contributed by atoms with Crippen LogP contribution in [0.4, 0.5) is 5.69 Å². The fraction of sp³-hybridized carbons (Fsp3) is 0.250. The number of carbonyl (C=O) groups excluding carboxylic acids is 1. The molecular weight excluding hydrogens is 284 g/mol. The number of carboxylic acid groups (broad SMARTS) is 1. The Balaban J connectivity index is 1.93. The highest BCUT2D eigenvalue weighted by atomic mass is 32.2. The maximum Gasteiger partial charge on any atom is 0.337 e. The van der Waals surface area contributed by atoms with Crippen molar-refractivity contribution in [1.82, 2.24) is 0 Å². The van der Waals surface area contributed by atoms with Crippen LogP contribution in [-0.4, -0.2) is 39.4 Å². The standard InChI is InChI=1S/C12H12N2O3S2/c15-10(7-19-12-13-5-6-18-12)14-9-4-2-1-3-8(9)11(16)17/h1-4H,5-7H2,(H,14,15)(H,16,17). The Morgan fingerprint density at radius 2 is 2.21 bits per heavy atom. The number of benzene rings is 1. The predicted molar refractivity (Wildman–Crippen MR) is 79.2 cm³/mol. The Hall–Kier alpha value is -1.47. The predicted octanol–water partition coefficient (Wildman–Crippen LogP) is 2.16. The molecule has 1 aromatic rings. The Morgan fingerprint density at radius 1 is 1.42 bits per heavy atom. The molecule has 0 spiro atoms. The molecule has 19 heavy (non-hydrogen) atoms. The van der Waals surface area contributed by atoms with Crippen LogP contribution in [0.25, 0.3) is 0 Å². The lowest BCUT2D eigenvalue weighted by Gasteiger charge is -2.07. The first-order valence-corrected chi connectivity index (χ1v) is 7.56. The molecule has 1 aromatic carbocycles. The van der Waals surface area contributed by atoms with Gasteiger partial charge in [0.05, 0.1) is 23.5 Å². The van der Waals surface area contributed by atoms with Gasteiger partial charge in [-0.3, -0.25) is 9.79 Å². The van der Waals surface area contributed by atoms with E-state index in [0.29, 0.717) is 5.69 Å². The van der Waals surface area contributed by atoms with E-state index in [1.54, 1.807) is 30.0 Å². The molecule has 0 aliphatic carbocycles. The molecular formula is C12H12N2O3S2. The number of anilines is 1. The summed E-state index contributed by atoms with van der Waals surface area (Å²) in [4.78, 5) is 27.0. The Kier molecular flexibility index (Phi) is 4.86. The topological polar surface area (TPSA) is 78.8 Å². The third-order valence-electron chi connectivity index (χ3n) is 2.32. The number of rotatable bonds is 4. The van der Waals surface area contributed by atoms with Crippen LogP contribution >= 0.6 is 23.5 Å². The van der Waals surface area contributed by atoms with Gasteiger partial charge in [-0.2, -0.15) is 0 Å². The lowest BCUT2D eigenvalue weighted by molar-refractivity contribution is -0.113. The number of carbonyl (C=O) groups is 2. The summed E-state index contributed by atoms with van der Waals surface area (Å²) in [6, 6.07) is 6.35. The number of carboxylic acids is 1. The molecule has 0 saturated carbocycles. The maximum absolute atomic E-state index is 11.8. The van der Waals surface area contributed by atoms with E-state index >= 15 is 0 Å². The minimum atomic E-state index is -1.06. The summed E-state index contributed by atoms with van der Waals surface area (Å²) in [5, 5.41) is 11.6. The first kappa shape index (κ1) is 14.0. The minimum absolute atomic E-state index is 0.0911. The lowest BCUT2D eigenvalue weighted by Crippen LogP contribution is -2.17. The Bertz CT molecular complexity index is 531. The second-order valence-electron chi connectivity index (χ2n) is 3.68. The summed E-state index contributed by atoms with van der Waals surface area (Å²) in [7, 11) is 0. The molecule has 100 valence electrons. The highest BCUT2D eigenvalue weighted by molar-refractivity contribution is 8.39. The van der Waals surface area contributed by atoms with E-state index in [4.69, 9.17) is 5.11 Å². The van der Waals surface area contributed by atoms with Crippen LogP contribution in [0.15, 0.2) is 29.3 Å². The van der Waals surface area contributed by atoms with Gasteiger partial charge in [-0.05, 0) is 12.1 Å². The maximum atomic E-state index is 11.8. The van der Waals surface area contributed by atoms with Crippen molar-refractivity contribution in [3.05, 3.63) is 29.8 Å². The van der Waals surface area contributed by atoms with Gasteiger partial charge in [0.25, 0.3) is 0 Å². The SMILES string of the molecule is O=C(CSC1=NCCS1)Nc1ccccc1C(=O)O. The molecule has 7 heteroatoms. The fourth-order valence-electron chi connectivity index (χ4n) is 1.50. The first-order chi connectivity index (χ1) is 9.16. The third kappa shape index (κ3) is 4.00. The van der Waals surface area contributed by atoms with Crippen molar-refractivity contribution in [2.75, 3.05) is 23.4 Å². The van der Waals surface area contributed by atoms with E-state index in [2.05, 4.69) is 10.3 Å². The zero-order valence-corrected chi connectivity index (χ0v) is 11.6. The summed E-state index contributed by atoms with van der Waals surface area (Å²) in [5.41, 5.74) is 0.412. The largest absolute Gasteiger partial charge is 0.478 e. The molecule has 1 aliphatic rings. The quantitative estimate of drug-likeness (QED) is 0.890. The van der Waals surface area contributed by atoms with Gasteiger partial charge < -0.3 is 10.4 Å². The molecule has 2 rings (SSSR count). The Morgan fingerprint density at radius 3 is 2.89 bits per heavy atom. The molecule has 2 N–H and O–H groups in total. The summed E-state index contributed by atoms with van der Waals surface area (Å²) < 4.78 is 0.918. The van der Waals surface area contributed by atoms with Crippen molar-refractivity contribution in [2.24, 2.45) is 4.99 Å². The number of thioether (sulfide) groups is 2. The molecule has 1 amide bonds.